The second-order valence-electron chi connectivity index (χ2n) is 5.90. The Morgan fingerprint density at radius 2 is 2.17 bits per heavy atom. The van der Waals surface area contributed by atoms with Gasteiger partial charge in [-0.1, -0.05) is 0 Å². The van der Waals surface area contributed by atoms with Gasteiger partial charge in [-0.3, -0.25) is 0 Å². The van der Waals surface area contributed by atoms with Crippen molar-refractivity contribution in [3.05, 3.63) is 35.0 Å². The van der Waals surface area contributed by atoms with E-state index in [4.69, 9.17) is 10.5 Å². The fourth-order valence-corrected chi connectivity index (χ4v) is 3.37. The average Bonchev–Trinajstić information content (AvgIpc) is 2.91. The van der Waals surface area contributed by atoms with Crippen molar-refractivity contribution in [2.24, 2.45) is 5.73 Å². The number of aryl methyl sites for hydroxylation is 1. The number of carbonyl (C=O) groups excluding carboxylic acids is 1. The summed E-state index contributed by atoms with van der Waals surface area (Å²) in [5, 5.41) is 10.2. The molecule has 2 aromatic rings. The van der Waals surface area contributed by atoms with Crippen LogP contribution in [0.4, 0.5) is 4.79 Å². The Hall–Kier alpha value is -2.54. The van der Waals surface area contributed by atoms with Gasteiger partial charge in [0.15, 0.2) is 0 Å². The van der Waals surface area contributed by atoms with Gasteiger partial charge in [0.2, 0.25) is 0 Å². The molecule has 0 atom stereocenters. The Morgan fingerprint density at radius 1 is 1.38 bits per heavy atom. The lowest BCUT2D eigenvalue weighted by atomic mass is 10.0. The third kappa shape index (κ3) is 2.71. The van der Waals surface area contributed by atoms with E-state index in [1.807, 2.05) is 6.07 Å². The summed E-state index contributed by atoms with van der Waals surface area (Å²) >= 11 is 0. The highest BCUT2D eigenvalue weighted by Gasteiger charge is 2.27. The molecule has 128 valence electrons. The Balaban J connectivity index is 2.12. The van der Waals surface area contributed by atoms with Gasteiger partial charge < -0.3 is 25.0 Å². The van der Waals surface area contributed by atoms with Crippen LogP contribution in [0.15, 0.2) is 18.2 Å². The fourth-order valence-electron chi connectivity index (χ4n) is 3.37. The first-order chi connectivity index (χ1) is 11.6. The molecule has 7 nitrogen and oxygen atoms in total. The van der Waals surface area contributed by atoms with Crippen LogP contribution in [0, 0.1) is 0 Å². The molecule has 2 heterocycles. The van der Waals surface area contributed by atoms with Crippen LogP contribution in [-0.2, 0) is 24.2 Å². The number of aromatic carboxylic acids is 1. The van der Waals surface area contributed by atoms with E-state index in [2.05, 4.69) is 4.57 Å². The molecule has 3 rings (SSSR count). The highest BCUT2D eigenvalue weighted by molar-refractivity contribution is 5.95. The first-order valence-corrected chi connectivity index (χ1v) is 7.97. The molecule has 1 aliphatic heterocycles. The van der Waals surface area contributed by atoms with Gasteiger partial charge in [-0.2, -0.15) is 0 Å². The van der Waals surface area contributed by atoms with E-state index >= 15 is 0 Å². The monoisotopic (exact) mass is 331 g/mol. The summed E-state index contributed by atoms with van der Waals surface area (Å²) in [7, 11) is 1.37. The van der Waals surface area contributed by atoms with Gasteiger partial charge in [0, 0.05) is 41.7 Å². The number of rotatable bonds is 4. The normalized spacial score (nSPS) is 13.8. The van der Waals surface area contributed by atoms with Crippen molar-refractivity contribution in [2.45, 2.75) is 25.9 Å². The number of carboxylic acid groups (broad SMARTS) is 1. The van der Waals surface area contributed by atoms with E-state index < -0.39 is 5.97 Å². The number of ether oxygens (including phenoxy) is 1. The van der Waals surface area contributed by atoms with Crippen molar-refractivity contribution in [3.63, 3.8) is 0 Å². The number of fused-ring (bicyclic) bond motifs is 3. The van der Waals surface area contributed by atoms with Gasteiger partial charge in [0.1, 0.15) is 0 Å². The number of carboxylic acids is 1. The minimum absolute atomic E-state index is 0.247. The zero-order valence-electron chi connectivity index (χ0n) is 13.6. The summed E-state index contributed by atoms with van der Waals surface area (Å²) in [6.07, 6.45) is 1.20. The van der Waals surface area contributed by atoms with Crippen LogP contribution in [0.25, 0.3) is 10.9 Å². The minimum Gasteiger partial charge on any atom is -0.478 e. The van der Waals surface area contributed by atoms with Crippen LogP contribution in [0.3, 0.4) is 0 Å². The maximum atomic E-state index is 11.9. The van der Waals surface area contributed by atoms with E-state index in [9.17, 15) is 14.7 Å². The predicted molar refractivity (Wildman–Crippen MR) is 89.1 cm³/mol. The highest BCUT2D eigenvalue weighted by Crippen LogP contribution is 2.32. The molecule has 0 fully saturated rings. The van der Waals surface area contributed by atoms with Crippen molar-refractivity contribution in [1.82, 2.24) is 9.47 Å². The van der Waals surface area contributed by atoms with Crippen molar-refractivity contribution >= 4 is 23.0 Å². The Kier molecular flexibility index (Phi) is 4.44. The number of nitrogens with zero attached hydrogens (tertiary/aromatic N) is 2. The van der Waals surface area contributed by atoms with Gasteiger partial charge in [-0.25, -0.2) is 9.59 Å². The first kappa shape index (κ1) is 16.3. The number of amides is 1. The molecule has 24 heavy (non-hydrogen) atoms. The Bertz CT molecular complexity index is 797. The van der Waals surface area contributed by atoms with Crippen LogP contribution in [-0.4, -0.2) is 46.8 Å². The van der Waals surface area contributed by atoms with Crippen molar-refractivity contribution in [3.8, 4) is 0 Å². The second kappa shape index (κ2) is 6.52. The van der Waals surface area contributed by atoms with Crippen molar-refractivity contribution < 1.29 is 19.4 Å². The minimum atomic E-state index is -0.957. The average molecular weight is 331 g/mol. The molecule has 0 aliphatic carbocycles. The summed E-state index contributed by atoms with van der Waals surface area (Å²) < 4.78 is 7.03. The molecule has 0 spiro atoms. The van der Waals surface area contributed by atoms with Gasteiger partial charge >= 0.3 is 12.1 Å². The summed E-state index contributed by atoms with van der Waals surface area (Å²) in [6.45, 7) is 2.39. The maximum absolute atomic E-state index is 11.9. The van der Waals surface area contributed by atoms with Crippen molar-refractivity contribution in [2.75, 3.05) is 20.2 Å². The molecule has 0 saturated carbocycles. The molecule has 3 N–H and O–H groups in total. The highest BCUT2D eigenvalue weighted by atomic mass is 16.5. The van der Waals surface area contributed by atoms with Crippen LogP contribution in [0.1, 0.15) is 28.0 Å². The van der Waals surface area contributed by atoms with Crippen LogP contribution in [0.2, 0.25) is 0 Å². The van der Waals surface area contributed by atoms with Crippen LogP contribution >= 0.6 is 0 Å². The molecule has 7 heteroatoms. The smallest absolute Gasteiger partial charge is 0.409 e. The lowest BCUT2D eigenvalue weighted by molar-refractivity contribution is 0.0697. The summed E-state index contributed by atoms with van der Waals surface area (Å²) in [6, 6.07) is 5.15. The van der Waals surface area contributed by atoms with Crippen molar-refractivity contribution in [1.29, 1.82) is 0 Å². The number of hydrogen-bond donors (Lipinski definition) is 2. The SMILES string of the molecule is COC(=O)N1CCc2c(c3cc(C(=O)O)ccc3n2CCCN)C1. The quantitative estimate of drug-likeness (QED) is 0.890. The molecule has 1 aromatic heterocycles. The number of methoxy groups -OCH3 is 1. The number of hydrogen-bond acceptors (Lipinski definition) is 4. The summed E-state index contributed by atoms with van der Waals surface area (Å²) in [5.41, 5.74) is 9.04. The molecule has 0 radical (unpaired) electrons. The van der Waals surface area contributed by atoms with E-state index in [1.54, 1.807) is 17.0 Å². The molecule has 0 bridgehead atoms. The van der Waals surface area contributed by atoms with Gasteiger partial charge in [-0.05, 0) is 31.2 Å². The van der Waals surface area contributed by atoms with Gasteiger partial charge in [0.25, 0.3) is 0 Å². The molecular formula is C17H21N3O4. The zero-order chi connectivity index (χ0) is 17.3. The Labute approximate surface area is 139 Å². The summed E-state index contributed by atoms with van der Waals surface area (Å²) in [4.78, 5) is 24.8. The van der Waals surface area contributed by atoms with Crippen LogP contribution in [0.5, 0.6) is 0 Å². The lowest BCUT2D eigenvalue weighted by Crippen LogP contribution is -2.36. The molecule has 1 amide bonds. The Morgan fingerprint density at radius 3 is 2.83 bits per heavy atom. The third-order valence-corrected chi connectivity index (χ3v) is 4.52. The van der Waals surface area contributed by atoms with Gasteiger partial charge in [0.05, 0.1) is 19.2 Å². The van der Waals surface area contributed by atoms with E-state index in [-0.39, 0.29) is 11.7 Å². The number of carbonyl (C=O) groups is 2. The molecule has 1 aliphatic rings. The van der Waals surface area contributed by atoms with Crippen LogP contribution < -0.4 is 5.73 Å². The largest absolute Gasteiger partial charge is 0.478 e. The fraction of sp³-hybridized carbons (Fsp3) is 0.412. The molecular weight excluding hydrogens is 310 g/mol. The number of aromatic nitrogens is 1. The zero-order valence-corrected chi connectivity index (χ0v) is 13.6. The standard InChI is InChI=1S/C17H21N3O4/c1-24-17(23)19-8-5-15-13(10-19)12-9-11(16(21)22)3-4-14(12)20(15)7-2-6-18/h3-4,9H,2,5-8,10,18H2,1H3,(H,21,22). The maximum Gasteiger partial charge on any atom is 0.409 e. The van der Waals surface area contributed by atoms with E-state index in [0.29, 0.717) is 26.1 Å². The van der Waals surface area contributed by atoms with Gasteiger partial charge in [-0.15, -0.1) is 0 Å². The predicted octanol–water partition coefficient (Wildman–Crippen LogP) is 1.81. The third-order valence-electron chi connectivity index (χ3n) is 4.52. The lowest BCUT2D eigenvalue weighted by Gasteiger charge is -2.27. The number of benzene rings is 1. The topological polar surface area (TPSA) is 97.8 Å². The van der Waals surface area contributed by atoms with E-state index in [1.165, 1.54) is 7.11 Å². The number of nitrogens with two attached hydrogens (primary N) is 1. The van der Waals surface area contributed by atoms with E-state index in [0.717, 1.165) is 35.1 Å². The first-order valence-electron chi connectivity index (χ1n) is 7.97. The molecule has 1 aromatic carbocycles. The summed E-state index contributed by atoms with van der Waals surface area (Å²) in [5.74, 6) is -0.957. The molecule has 0 unspecified atom stereocenters. The second-order valence-corrected chi connectivity index (χ2v) is 5.90. The molecule has 0 saturated heterocycles.